The quantitative estimate of drug-likeness (QED) is 0.832. The van der Waals surface area contributed by atoms with Gasteiger partial charge in [-0.1, -0.05) is 12.1 Å². The molecule has 2 N–H and O–H groups in total. The standard InChI is InChI=1S/C12H13N3O/c1-8-11(13)12(15-7-14-8)9-4-3-5-10(6-9)16-2/h3-7H,13H2,1-2H3. The van der Waals surface area contributed by atoms with Crippen LogP contribution in [0.25, 0.3) is 11.3 Å². The smallest absolute Gasteiger partial charge is 0.119 e. The molecule has 4 nitrogen and oxygen atoms in total. The Morgan fingerprint density at radius 2 is 2.06 bits per heavy atom. The summed E-state index contributed by atoms with van der Waals surface area (Å²) in [5.41, 5.74) is 9.01. The lowest BCUT2D eigenvalue weighted by atomic mass is 10.1. The molecule has 0 spiro atoms. The van der Waals surface area contributed by atoms with Crippen molar-refractivity contribution in [2.45, 2.75) is 6.92 Å². The molecule has 0 saturated carbocycles. The van der Waals surface area contributed by atoms with E-state index in [1.54, 1.807) is 7.11 Å². The van der Waals surface area contributed by atoms with Gasteiger partial charge in [0.1, 0.15) is 12.1 Å². The van der Waals surface area contributed by atoms with Crippen molar-refractivity contribution >= 4 is 5.69 Å². The van der Waals surface area contributed by atoms with Gasteiger partial charge in [0.15, 0.2) is 0 Å². The Kier molecular flexibility index (Phi) is 2.72. The van der Waals surface area contributed by atoms with E-state index in [0.29, 0.717) is 5.69 Å². The zero-order valence-corrected chi connectivity index (χ0v) is 9.27. The van der Waals surface area contributed by atoms with Crippen LogP contribution in [-0.4, -0.2) is 17.1 Å². The fourth-order valence-electron chi connectivity index (χ4n) is 1.48. The van der Waals surface area contributed by atoms with Gasteiger partial charge in [0.05, 0.1) is 24.2 Å². The number of aryl methyl sites for hydroxylation is 1. The summed E-state index contributed by atoms with van der Waals surface area (Å²) in [7, 11) is 1.63. The van der Waals surface area contributed by atoms with Gasteiger partial charge >= 0.3 is 0 Å². The average Bonchev–Trinajstić information content (AvgIpc) is 2.33. The van der Waals surface area contributed by atoms with Crippen molar-refractivity contribution in [2.75, 3.05) is 12.8 Å². The first kappa shape index (κ1) is 10.4. The number of anilines is 1. The number of nitrogens with zero attached hydrogens (tertiary/aromatic N) is 2. The Morgan fingerprint density at radius 1 is 1.25 bits per heavy atom. The summed E-state index contributed by atoms with van der Waals surface area (Å²) in [6.07, 6.45) is 1.51. The molecule has 1 aromatic carbocycles. The third-order valence-corrected chi connectivity index (χ3v) is 2.43. The molecule has 1 aromatic heterocycles. The lowest BCUT2D eigenvalue weighted by molar-refractivity contribution is 0.415. The van der Waals surface area contributed by atoms with Crippen LogP contribution in [0.2, 0.25) is 0 Å². The summed E-state index contributed by atoms with van der Waals surface area (Å²) in [6.45, 7) is 1.86. The number of rotatable bonds is 2. The Bertz CT molecular complexity index is 511. The minimum Gasteiger partial charge on any atom is -0.497 e. The molecule has 2 rings (SSSR count). The molecule has 0 atom stereocenters. The second-order valence-corrected chi connectivity index (χ2v) is 3.45. The minimum absolute atomic E-state index is 0.607. The number of nitrogens with two attached hydrogens (primary N) is 1. The lowest BCUT2D eigenvalue weighted by Crippen LogP contribution is -1.98. The summed E-state index contributed by atoms with van der Waals surface area (Å²) in [6, 6.07) is 7.64. The minimum atomic E-state index is 0.607. The monoisotopic (exact) mass is 215 g/mol. The first-order chi connectivity index (χ1) is 7.72. The Labute approximate surface area is 94.1 Å². The van der Waals surface area contributed by atoms with Gasteiger partial charge in [-0.25, -0.2) is 9.97 Å². The molecule has 16 heavy (non-hydrogen) atoms. The van der Waals surface area contributed by atoms with Crippen LogP contribution in [0.1, 0.15) is 5.69 Å². The van der Waals surface area contributed by atoms with Crippen LogP contribution in [0.4, 0.5) is 5.69 Å². The molecule has 1 heterocycles. The maximum absolute atomic E-state index is 5.94. The number of ether oxygens (including phenoxy) is 1. The zero-order chi connectivity index (χ0) is 11.5. The molecule has 0 bridgehead atoms. The first-order valence-corrected chi connectivity index (χ1v) is 4.94. The van der Waals surface area contributed by atoms with Crippen molar-refractivity contribution in [1.82, 2.24) is 9.97 Å². The van der Waals surface area contributed by atoms with E-state index in [9.17, 15) is 0 Å². The van der Waals surface area contributed by atoms with Gasteiger partial charge in [-0.3, -0.25) is 0 Å². The number of nitrogen functional groups attached to an aromatic ring is 1. The summed E-state index contributed by atoms with van der Waals surface area (Å²) in [5, 5.41) is 0. The number of hydrogen-bond donors (Lipinski definition) is 1. The summed E-state index contributed by atoms with van der Waals surface area (Å²) in [4.78, 5) is 8.23. The topological polar surface area (TPSA) is 61.0 Å². The van der Waals surface area contributed by atoms with Crippen molar-refractivity contribution < 1.29 is 4.74 Å². The molecule has 2 aromatic rings. The Hall–Kier alpha value is -2.10. The molecule has 0 unspecified atom stereocenters. The molecule has 0 radical (unpaired) electrons. The van der Waals surface area contributed by atoms with Gasteiger partial charge in [0.2, 0.25) is 0 Å². The van der Waals surface area contributed by atoms with Gasteiger partial charge < -0.3 is 10.5 Å². The molecule has 82 valence electrons. The van der Waals surface area contributed by atoms with E-state index in [1.165, 1.54) is 6.33 Å². The highest BCUT2D eigenvalue weighted by Crippen LogP contribution is 2.27. The summed E-state index contributed by atoms with van der Waals surface area (Å²) < 4.78 is 5.16. The zero-order valence-electron chi connectivity index (χ0n) is 9.27. The third-order valence-electron chi connectivity index (χ3n) is 2.43. The summed E-state index contributed by atoms with van der Waals surface area (Å²) >= 11 is 0. The Morgan fingerprint density at radius 3 is 2.81 bits per heavy atom. The van der Waals surface area contributed by atoms with E-state index in [4.69, 9.17) is 10.5 Å². The molecule has 0 aliphatic rings. The number of methoxy groups -OCH3 is 1. The highest BCUT2D eigenvalue weighted by molar-refractivity contribution is 5.74. The predicted octanol–water partition coefficient (Wildman–Crippen LogP) is 2.04. The van der Waals surface area contributed by atoms with Crippen LogP contribution in [-0.2, 0) is 0 Å². The second kappa shape index (κ2) is 4.18. The first-order valence-electron chi connectivity index (χ1n) is 4.94. The highest BCUT2D eigenvalue weighted by Gasteiger charge is 2.07. The van der Waals surface area contributed by atoms with E-state index in [2.05, 4.69) is 9.97 Å². The largest absolute Gasteiger partial charge is 0.497 e. The van der Waals surface area contributed by atoms with Crippen LogP contribution in [0.15, 0.2) is 30.6 Å². The van der Waals surface area contributed by atoms with Gasteiger partial charge in [-0.2, -0.15) is 0 Å². The number of hydrogen-bond acceptors (Lipinski definition) is 4. The fraction of sp³-hybridized carbons (Fsp3) is 0.167. The van der Waals surface area contributed by atoms with Gasteiger partial charge in [0, 0.05) is 5.56 Å². The third kappa shape index (κ3) is 1.82. The molecular weight excluding hydrogens is 202 g/mol. The van der Waals surface area contributed by atoms with Gasteiger partial charge in [-0.05, 0) is 19.1 Å². The molecule has 0 fully saturated rings. The van der Waals surface area contributed by atoms with Crippen LogP contribution in [0.5, 0.6) is 5.75 Å². The molecule has 0 aliphatic heterocycles. The Balaban J connectivity index is 2.54. The van der Waals surface area contributed by atoms with Gasteiger partial charge in [0.25, 0.3) is 0 Å². The molecular formula is C12H13N3O. The maximum Gasteiger partial charge on any atom is 0.119 e. The normalized spacial score (nSPS) is 10.1. The molecule has 0 amide bonds. The second-order valence-electron chi connectivity index (χ2n) is 3.45. The number of benzene rings is 1. The highest BCUT2D eigenvalue weighted by atomic mass is 16.5. The average molecular weight is 215 g/mol. The van der Waals surface area contributed by atoms with E-state index in [-0.39, 0.29) is 0 Å². The fourth-order valence-corrected chi connectivity index (χ4v) is 1.48. The predicted molar refractivity (Wildman–Crippen MR) is 63.2 cm³/mol. The van der Waals surface area contributed by atoms with Crippen LogP contribution in [0, 0.1) is 6.92 Å². The molecule has 0 aliphatic carbocycles. The maximum atomic E-state index is 5.94. The molecule has 0 saturated heterocycles. The van der Waals surface area contributed by atoms with E-state index < -0.39 is 0 Å². The summed E-state index contributed by atoms with van der Waals surface area (Å²) in [5.74, 6) is 0.785. The SMILES string of the molecule is COc1cccc(-c2ncnc(C)c2N)c1. The van der Waals surface area contributed by atoms with E-state index in [0.717, 1.165) is 22.7 Å². The van der Waals surface area contributed by atoms with Crippen molar-refractivity contribution in [3.05, 3.63) is 36.3 Å². The van der Waals surface area contributed by atoms with Gasteiger partial charge in [-0.15, -0.1) is 0 Å². The van der Waals surface area contributed by atoms with Crippen molar-refractivity contribution in [1.29, 1.82) is 0 Å². The van der Waals surface area contributed by atoms with E-state index in [1.807, 2.05) is 31.2 Å². The van der Waals surface area contributed by atoms with Crippen LogP contribution < -0.4 is 10.5 Å². The van der Waals surface area contributed by atoms with Crippen molar-refractivity contribution in [2.24, 2.45) is 0 Å². The van der Waals surface area contributed by atoms with Crippen molar-refractivity contribution in [3.8, 4) is 17.0 Å². The number of aromatic nitrogens is 2. The van der Waals surface area contributed by atoms with E-state index >= 15 is 0 Å². The van der Waals surface area contributed by atoms with Crippen LogP contribution in [0.3, 0.4) is 0 Å². The molecule has 4 heteroatoms. The lowest BCUT2D eigenvalue weighted by Gasteiger charge is -2.07. The van der Waals surface area contributed by atoms with Crippen LogP contribution >= 0.6 is 0 Å². The van der Waals surface area contributed by atoms with Crippen molar-refractivity contribution in [3.63, 3.8) is 0 Å².